The Labute approximate surface area is 88.4 Å². The van der Waals surface area contributed by atoms with Crippen molar-refractivity contribution in [2.75, 3.05) is 20.1 Å². The fourth-order valence-corrected chi connectivity index (χ4v) is 2.55. The maximum Gasteiger partial charge on any atom is 0.0428 e. The zero-order chi connectivity index (χ0) is 10.6. The van der Waals surface area contributed by atoms with Gasteiger partial charge in [-0.25, -0.2) is 0 Å². The first-order valence-corrected chi connectivity index (χ1v) is 5.74. The predicted octanol–water partition coefficient (Wildman–Crippen LogP) is 2.02. The van der Waals surface area contributed by atoms with E-state index in [4.69, 9.17) is 0 Å². The summed E-state index contributed by atoms with van der Waals surface area (Å²) in [4.78, 5) is 2.61. The van der Waals surface area contributed by atoms with Crippen molar-refractivity contribution in [1.29, 1.82) is 0 Å². The van der Waals surface area contributed by atoms with Gasteiger partial charge in [0.1, 0.15) is 0 Å². The molecule has 1 N–H and O–H groups in total. The zero-order valence-electron chi connectivity index (χ0n) is 9.84. The molecule has 0 saturated carbocycles. The molecule has 0 spiro atoms. The van der Waals surface area contributed by atoms with Crippen LogP contribution in [0.25, 0.3) is 0 Å². The number of rotatable bonds is 5. The van der Waals surface area contributed by atoms with Gasteiger partial charge in [0, 0.05) is 11.6 Å². The lowest BCUT2D eigenvalue weighted by Gasteiger charge is -2.43. The second-order valence-electron chi connectivity index (χ2n) is 4.41. The minimum Gasteiger partial charge on any atom is -0.312 e. The highest BCUT2D eigenvalue weighted by atomic mass is 15.2. The molecule has 1 aliphatic heterocycles. The predicted molar refractivity (Wildman–Crippen MR) is 62.5 cm³/mol. The summed E-state index contributed by atoms with van der Waals surface area (Å²) in [7, 11) is 2.02. The van der Waals surface area contributed by atoms with E-state index in [0.29, 0.717) is 6.04 Å². The van der Waals surface area contributed by atoms with Gasteiger partial charge in [-0.05, 0) is 46.3 Å². The summed E-state index contributed by atoms with van der Waals surface area (Å²) in [5, 5.41) is 3.36. The Morgan fingerprint density at radius 1 is 1.50 bits per heavy atom. The first-order valence-electron chi connectivity index (χ1n) is 5.74. The van der Waals surface area contributed by atoms with Gasteiger partial charge in [-0.15, -0.1) is 6.58 Å². The number of hydrogen-bond donors (Lipinski definition) is 1. The van der Waals surface area contributed by atoms with Crippen LogP contribution < -0.4 is 5.32 Å². The van der Waals surface area contributed by atoms with E-state index in [1.807, 2.05) is 13.1 Å². The van der Waals surface area contributed by atoms with E-state index in [2.05, 4.69) is 30.6 Å². The highest BCUT2D eigenvalue weighted by molar-refractivity contribution is 5.05. The van der Waals surface area contributed by atoms with Crippen LogP contribution in [0.2, 0.25) is 0 Å². The largest absolute Gasteiger partial charge is 0.312 e. The topological polar surface area (TPSA) is 15.3 Å². The first-order chi connectivity index (χ1) is 6.69. The molecule has 2 heteroatoms. The maximum atomic E-state index is 3.93. The molecule has 2 unspecified atom stereocenters. The second-order valence-corrected chi connectivity index (χ2v) is 4.41. The van der Waals surface area contributed by atoms with Gasteiger partial charge >= 0.3 is 0 Å². The normalized spacial score (nSPS) is 24.5. The van der Waals surface area contributed by atoms with Crippen molar-refractivity contribution in [1.82, 2.24) is 10.2 Å². The quantitative estimate of drug-likeness (QED) is 0.677. The molecule has 0 radical (unpaired) electrons. The average molecular weight is 196 g/mol. The van der Waals surface area contributed by atoms with E-state index < -0.39 is 0 Å². The Morgan fingerprint density at radius 2 is 2.07 bits per heavy atom. The van der Waals surface area contributed by atoms with Gasteiger partial charge in [0.15, 0.2) is 0 Å². The lowest BCUT2D eigenvalue weighted by atomic mass is 9.87. The Balaban J connectivity index is 2.76. The monoisotopic (exact) mass is 196 g/mol. The molecule has 1 fully saturated rings. The first kappa shape index (κ1) is 11.7. The van der Waals surface area contributed by atoms with Crippen LogP contribution in [0.1, 0.15) is 33.1 Å². The van der Waals surface area contributed by atoms with Gasteiger partial charge in [0.05, 0.1) is 0 Å². The molecule has 1 rings (SSSR count). The van der Waals surface area contributed by atoms with Crippen LogP contribution >= 0.6 is 0 Å². The number of likely N-dealkylation sites (N-methyl/N-ethyl adjacent to an activating group) is 1. The van der Waals surface area contributed by atoms with Crippen LogP contribution in [0.3, 0.4) is 0 Å². The fourth-order valence-electron chi connectivity index (χ4n) is 2.55. The summed E-state index contributed by atoms with van der Waals surface area (Å²) in [5.74, 6) is 0. The molecule has 0 bridgehead atoms. The Bertz CT molecular complexity index is 185. The summed E-state index contributed by atoms with van der Waals surface area (Å²) in [6.07, 6.45) is 5.92. The van der Waals surface area contributed by atoms with E-state index >= 15 is 0 Å². The van der Waals surface area contributed by atoms with Crippen molar-refractivity contribution >= 4 is 0 Å². The molecule has 2 nitrogen and oxygen atoms in total. The standard InChI is InChI=1S/C12H24N2/c1-5-11(13-4)12(3,6-2)14-9-7-8-10-14/h5,11,13H,1,6-10H2,2-4H3. The molecule has 1 heterocycles. The van der Waals surface area contributed by atoms with Crippen molar-refractivity contribution in [2.24, 2.45) is 0 Å². The van der Waals surface area contributed by atoms with E-state index in [9.17, 15) is 0 Å². The third kappa shape index (κ3) is 2.01. The van der Waals surface area contributed by atoms with E-state index in [-0.39, 0.29) is 5.54 Å². The van der Waals surface area contributed by atoms with Crippen molar-refractivity contribution < 1.29 is 0 Å². The van der Waals surface area contributed by atoms with Crippen molar-refractivity contribution in [2.45, 2.75) is 44.7 Å². The van der Waals surface area contributed by atoms with Gasteiger partial charge in [-0.1, -0.05) is 13.0 Å². The van der Waals surface area contributed by atoms with Crippen molar-refractivity contribution in [3.05, 3.63) is 12.7 Å². The van der Waals surface area contributed by atoms with Gasteiger partial charge in [0.2, 0.25) is 0 Å². The molecule has 1 aliphatic rings. The zero-order valence-corrected chi connectivity index (χ0v) is 9.84. The lowest BCUT2D eigenvalue weighted by molar-refractivity contribution is 0.105. The van der Waals surface area contributed by atoms with Gasteiger partial charge in [0.25, 0.3) is 0 Å². The summed E-state index contributed by atoms with van der Waals surface area (Å²) < 4.78 is 0. The molecule has 2 atom stereocenters. The molecule has 82 valence electrons. The van der Waals surface area contributed by atoms with Crippen molar-refractivity contribution in [3.63, 3.8) is 0 Å². The van der Waals surface area contributed by atoms with Gasteiger partial charge < -0.3 is 5.32 Å². The highest BCUT2D eigenvalue weighted by Crippen LogP contribution is 2.28. The second kappa shape index (κ2) is 4.94. The minimum atomic E-state index is 0.243. The Kier molecular flexibility index (Phi) is 4.14. The van der Waals surface area contributed by atoms with Crippen LogP contribution in [0.5, 0.6) is 0 Å². The molecule has 14 heavy (non-hydrogen) atoms. The molecule has 1 saturated heterocycles. The van der Waals surface area contributed by atoms with E-state index in [0.717, 1.165) is 0 Å². The third-order valence-corrected chi connectivity index (χ3v) is 3.76. The molecule has 0 amide bonds. The molecule has 0 aliphatic carbocycles. The van der Waals surface area contributed by atoms with Gasteiger partial charge in [-0.2, -0.15) is 0 Å². The molecule has 0 aromatic carbocycles. The lowest BCUT2D eigenvalue weighted by Crippen LogP contribution is -2.56. The Hall–Kier alpha value is -0.340. The van der Waals surface area contributed by atoms with Crippen LogP contribution in [0.4, 0.5) is 0 Å². The smallest absolute Gasteiger partial charge is 0.0428 e. The van der Waals surface area contributed by atoms with Crippen LogP contribution in [-0.4, -0.2) is 36.6 Å². The molecular formula is C12H24N2. The molecular weight excluding hydrogens is 172 g/mol. The summed E-state index contributed by atoms with van der Waals surface area (Å²) in [6, 6.07) is 0.394. The minimum absolute atomic E-state index is 0.243. The van der Waals surface area contributed by atoms with Crippen LogP contribution in [-0.2, 0) is 0 Å². The Morgan fingerprint density at radius 3 is 2.43 bits per heavy atom. The SMILES string of the molecule is C=CC(NC)C(C)(CC)N1CCCC1. The molecule has 0 aromatic heterocycles. The summed E-state index contributed by atoms with van der Waals surface area (Å²) in [5.41, 5.74) is 0.243. The third-order valence-electron chi connectivity index (χ3n) is 3.76. The number of hydrogen-bond acceptors (Lipinski definition) is 2. The van der Waals surface area contributed by atoms with Gasteiger partial charge in [-0.3, -0.25) is 4.90 Å². The van der Waals surface area contributed by atoms with E-state index in [1.54, 1.807) is 0 Å². The maximum absolute atomic E-state index is 3.93. The van der Waals surface area contributed by atoms with E-state index in [1.165, 1.54) is 32.4 Å². The number of likely N-dealkylation sites (tertiary alicyclic amines) is 1. The average Bonchev–Trinajstić information content (AvgIpc) is 2.72. The number of nitrogens with zero attached hydrogens (tertiary/aromatic N) is 1. The molecule has 0 aromatic rings. The highest BCUT2D eigenvalue weighted by Gasteiger charge is 2.36. The van der Waals surface area contributed by atoms with Crippen LogP contribution in [0, 0.1) is 0 Å². The summed E-state index contributed by atoms with van der Waals surface area (Å²) in [6.45, 7) is 11.0. The summed E-state index contributed by atoms with van der Waals surface area (Å²) >= 11 is 0. The fraction of sp³-hybridized carbons (Fsp3) is 0.833. The van der Waals surface area contributed by atoms with Crippen LogP contribution in [0.15, 0.2) is 12.7 Å². The van der Waals surface area contributed by atoms with Crippen molar-refractivity contribution in [3.8, 4) is 0 Å². The number of nitrogens with one attached hydrogen (secondary N) is 1.